The minimum Gasteiger partial charge on any atom is -0.366 e. The van der Waals surface area contributed by atoms with Crippen molar-refractivity contribution in [1.29, 1.82) is 5.26 Å². The lowest BCUT2D eigenvalue weighted by atomic mass is 9.87. The van der Waals surface area contributed by atoms with Crippen molar-refractivity contribution in [2.75, 3.05) is 0 Å². The van der Waals surface area contributed by atoms with Gasteiger partial charge in [-0.1, -0.05) is 57.5 Å². The smallest absolute Gasteiger partial charge is 0.251 e. The summed E-state index contributed by atoms with van der Waals surface area (Å²) in [4.78, 5) is 30.2. The van der Waals surface area contributed by atoms with Gasteiger partial charge in [-0.25, -0.2) is 8.78 Å². The Morgan fingerprint density at radius 2 is 1.59 bits per heavy atom. The van der Waals surface area contributed by atoms with E-state index in [4.69, 9.17) is 21.7 Å². The molecule has 2 aromatic heterocycles. The molecular weight excluding hydrogens is 584 g/mol. The summed E-state index contributed by atoms with van der Waals surface area (Å²) in [5.74, 6) is -1.96. The van der Waals surface area contributed by atoms with Crippen LogP contribution in [0.2, 0.25) is 0 Å². The number of hydrogen-bond donors (Lipinski definition) is 2. The molecule has 0 radical (unpaired) electrons. The third kappa shape index (κ3) is 7.46. The number of nitrogens with zero attached hydrogens (tertiary/aromatic N) is 3. The Labute approximate surface area is 267 Å². The minimum absolute atomic E-state index is 0.00458. The third-order valence-electron chi connectivity index (χ3n) is 7.52. The van der Waals surface area contributed by atoms with E-state index in [0.717, 1.165) is 22.0 Å². The van der Waals surface area contributed by atoms with E-state index in [1.807, 2.05) is 75.7 Å². The molecule has 5 rings (SSSR count). The lowest BCUT2D eigenvalue weighted by Gasteiger charge is -2.21. The Bertz CT molecular complexity index is 1930. The van der Waals surface area contributed by atoms with Crippen LogP contribution in [0.3, 0.4) is 0 Å². The first-order valence-corrected chi connectivity index (χ1v) is 15.0. The van der Waals surface area contributed by atoms with Gasteiger partial charge in [0.2, 0.25) is 0 Å². The van der Waals surface area contributed by atoms with Crippen LogP contribution in [0.5, 0.6) is 0 Å². The monoisotopic (exact) mass is 621 g/mol. The molecular formula is C37H37F2N5O2. The predicted octanol–water partition coefficient (Wildman–Crippen LogP) is 7.42. The van der Waals surface area contributed by atoms with Gasteiger partial charge >= 0.3 is 0 Å². The molecule has 0 spiro atoms. The van der Waals surface area contributed by atoms with Crippen LogP contribution in [0.25, 0.3) is 22.0 Å². The van der Waals surface area contributed by atoms with Crippen molar-refractivity contribution >= 4 is 22.7 Å². The molecule has 4 N–H and O–H groups in total. The Hall–Kier alpha value is -5.36. The number of rotatable bonds is 8. The van der Waals surface area contributed by atoms with Crippen LogP contribution in [-0.2, 0) is 13.0 Å². The number of hydrogen-bond acceptors (Lipinski definition) is 4. The predicted molar refractivity (Wildman–Crippen MR) is 176 cm³/mol. The molecule has 0 aliphatic carbocycles. The quantitative estimate of drug-likeness (QED) is 0.187. The number of aromatic nitrogens is 2. The van der Waals surface area contributed by atoms with Crippen molar-refractivity contribution in [3.8, 4) is 17.2 Å². The molecule has 9 heteroatoms. The highest BCUT2D eigenvalue weighted by molar-refractivity contribution is 6.10. The first kappa shape index (κ1) is 33.5. The summed E-state index contributed by atoms with van der Waals surface area (Å²) >= 11 is 0. The van der Waals surface area contributed by atoms with Gasteiger partial charge in [-0.3, -0.25) is 14.6 Å². The third-order valence-corrected chi connectivity index (χ3v) is 7.52. The number of amides is 2. The van der Waals surface area contributed by atoms with Gasteiger partial charge in [-0.05, 0) is 78.8 Å². The summed E-state index contributed by atoms with van der Waals surface area (Å²) in [6.07, 6.45) is 2.41. The summed E-state index contributed by atoms with van der Waals surface area (Å²) in [5.41, 5.74) is 17.1. The SMILES string of the molecule is CC(C)Cc1nc(C(C)C)c(C(N)=O)c(-c2ccc3c(ccn3Cc3ccc(F)c(C#N)c3)c2)c1C(N)=O.Cc1ccc(F)cc1. The maximum atomic E-state index is 13.8. The minimum atomic E-state index is -0.669. The number of halogens is 2. The zero-order valence-electron chi connectivity index (χ0n) is 26.6. The fourth-order valence-corrected chi connectivity index (χ4v) is 5.39. The molecule has 3 aromatic carbocycles. The zero-order chi connectivity index (χ0) is 33.7. The van der Waals surface area contributed by atoms with Crippen LogP contribution in [0.1, 0.15) is 82.4 Å². The zero-order valence-corrected chi connectivity index (χ0v) is 26.6. The van der Waals surface area contributed by atoms with Gasteiger partial charge < -0.3 is 16.0 Å². The first-order valence-electron chi connectivity index (χ1n) is 15.0. The van der Waals surface area contributed by atoms with Crippen molar-refractivity contribution in [2.45, 2.75) is 53.5 Å². The number of primary amides is 2. The molecule has 0 bridgehead atoms. The Morgan fingerprint density at radius 3 is 2.15 bits per heavy atom. The van der Waals surface area contributed by atoms with E-state index < -0.39 is 17.6 Å². The van der Waals surface area contributed by atoms with E-state index >= 15 is 0 Å². The highest BCUT2D eigenvalue weighted by atomic mass is 19.1. The van der Waals surface area contributed by atoms with E-state index in [2.05, 4.69) is 0 Å². The average Bonchev–Trinajstić information content (AvgIpc) is 3.40. The second-order valence-electron chi connectivity index (χ2n) is 12.0. The van der Waals surface area contributed by atoms with Crippen LogP contribution < -0.4 is 11.5 Å². The lowest BCUT2D eigenvalue weighted by molar-refractivity contribution is 0.0998. The van der Waals surface area contributed by atoms with Crippen molar-refractivity contribution in [3.05, 3.63) is 124 Å². The maximum Gasteiger partial charge on any atom is 0.251 e. The molecule has 0 saturated heterocycles. The van der Waals surface area contributed by atoms with Crippen LogP contribution in [-0.4, -0.2) is 21.4 Å². The number of carbonyl (C=O) groups excluding carboxylic acids is 2. The molecule has 0 fully saturated rings. The molecule has 0 atom stereocenters. The van der Waals surface area contributed by atoms with Gasteiger partial charge in [0.25, 0.3) is 11.8 Å². The van der Waals surface area contributed by atoms with Crippen LogP contribution in [0, 0.1) is 35.8 Å². The number of benzene rings is 3. The first-order chi connectivity index (χ1) is 21.8. The molecule has 0 unspecified atom stereocenters. The Balaban J connectivity index is 0.000000523. The molecule has 2 amide bonds. The van der Waals surface area contributed by atoms with Crippen molar-refractivity contribution < 1.29 is 18.4 Å². The van der Waals surface area contributed by atoms with E-state index in [-0.39, 0.29) is 34.3 Å². The highest BCUT2D eigenvalue weighted by Gasteiger charge is 2.28. The summed E-state index contributed by atoms with van der Waals surface area (Å²) in [7, 11) is 0. The second-order valence-corrected chi connectivity index (χ2v) is 12.0. The maximum absolute atomic E-state index is 13.8. The van der Waals surface area contributed by atoms with E-state index in [1.165, 1.54) is 24.3 Å². The molecule has 5 aromatic rings. The standard InChI is InChI=1S/C30H30FN5O2.C7H7F/c1-16(2)11-23-26(29(33)37)25(27(30(34)38)28(35-23)17(3)4)20-6-8-24-19(13-20)9-10-36(24)15-18-5-7-22(31)21(12-18)14-32;1-6-2-4-7(8)5-3-6/h5-10,12-13,16-17H,11,15H2,1-4H3,(H2,33,37)(H2,34,38);2-5H,1H3. The lowest BCUT2D eigenvalue weighted by Crippen LogP contribution is -2.25. The highest BCUT2D eigenvalue weighted by Crippen LogP contribution is 2.36. The van der Waals surface area contributed by atoms with Gasteiger partial charge in [-0.2, -0.15) is 5.26 Å². The molecule has 2 heterocycles. The average molecular weight is 622 g/mol. The Morgan fingerprint density at radius 1 is 0.913 bits per heavy atom. The fourth-order valence-electron chi connectivity index (χ4n) is 5.39. The number of carbonyl (C=O) groups is 2. The van der Waals surface area contributed by atoms with E-state index in [0.29, 0.717) is 35.5 Å². The number of pyridine rings is 1. The number of aryl methyl sites for hydroxylation is 1. The summed E-state index contributed by atoms with van der Waals surface area (Å²) < 4.78 is 27.8. The molecule has 46 heavy (non-hydrogen) atoms. The summed E-state index contributed by atoms with van der Waals surface area (Å²) in [5, 5.41) is 10.0. The van der Waals surface area contributed by atoms with E-state index in [9.17, 15) is 18.4 Å². The number of nitrogens with two attached hydrogens (primary N) is 2. The molecule has 236 valence electrons. The number of nitriles is 1. The largest absolute Gasteiger partial charge is 0.366 e. The van der Waals surface area contributed by atoms with Crippen LogP contribution in [0.4, 0.5) is 8.78 Å². The molecule has 0 aliphatic heterocycles. The molecule has 0 aliphatic rings. The van der Waals surface area contributed by atoms with Gasteiger partial charge in [-0.15, -0.1) is 0 Å². The summed E-state index contributed by atoms with van der Waals surface area (Å²) in [6.45, 7) is 10.3. The van der Waals surface area contributed by atoms with Crippen LogP contribution >= 0.6 is 0 Å². The fraction of sp³-hybridized carbons (Fsp3) is 0.243. The number of fused-ring (bicyclic) bond motifs is 1. The van der Waals surface area contributed by atoms with E-state index in [1.54, 1.807) is 18.2 Å². The van der Waals surface area contributed by atoms with Gasteiger partial charge in [0.15, 0.2) is 0 Å². The Kier molecular flexibility index (Phi) is 10.3. The second kappa shape index (κ2) is 14.2. The van der Waals surface area contributed by atoms with Crippen molar-refractivity contribution in [1.82, 2.24) is 9.55 Å². The van der Waals surface area contributed by atoms with Gasteiger partial charge in [0.1, 0.15) is 17.7 Å². The van der Waals surface area contributed by atoms with Gasteiger partial charge in [0, 0.05) is 29.2 Å². The normalized spacial score (nSPS) is 11.0. The van der Waals surface area contributed by atoms with Crippen molar-refractivity contribution in [2.24, 2.45) is 17.4 Å². The molecule has 7 nitrogen and oxygen atoms in total. The van der Waals surface area contributed by atoms with Crippen molar-refractivity contribution in [3.63, 3.8) is 0 Å². The summed E-state index contributed by atoms with van der Waals surface area (Å²) in [6, 6.07) is 20.3. The molecule has 0 saturated carbocycles. The van der Waals surface area contributed by atoms with Gasteiger partial charge in [0.05, 0.1) is 28.1 Å². The van der Waals surface area contributed by atoms with Crippen LogP contribution in [0.15, 0.2) is 72.9 Å². The topological polar surface area (TPSA) is 128 Å².